The van der Waals surface area contributed by atoms with Crippen molar-refractivity contribution in [2.45, 2.75) is 27.2 Å². The summed E-state index contributed by atoms with van der Waals surface area (Å²) in [7, 11) is 0. The average Bonchev–Trinajstić information content (AvgIpc) is 3.04. The molecule has 4 amide bonds. The summed E-state index contributed by atoms with van der Waals surface area (Å²) in [5.41, 5.74) is 5.27. The van der Waals surface area contributed by atoms with Gasteiger partial charge in [0.15, 0.2) is 0 Å². The highest BCUT2D eigenvalue weighted by atomic mass is 16.2. The van der Waals surface area contributed by atoms with Gasteiger partial charge in [-0.3, -0.25) is 14.9 Å². The van der Waals surface area contributed by atoms with Gasteiger partial charge in [-0.1, -0.05) is 43.3 Å². The first-order valence-corrected chi connectivity index (χ1v) is 10.2. The molecular formula is C25H23N3O3. The first kappa shape index (κ1) is 20.3. The largest absolute Gasteiger partial charge is 0.335 e. The molecule has 0 radical (unpaired) electrons. The molecule has 2 heterocycles. The molecule has 1 saturated heterocycles. The van der Waals surface area contributed by atoms with E-state index in [1.165, 1.54) is 5.56 Å². The first-order valence-electron chi connectivity index (χ1n) is 10.2. The van der Waals surface area contributed by atoms with Gasteiger partial charge in [0.05, 0.1) is 5.69 Å². The van der Waals surface area contributed by atoms with Crippen LogP contribution >= 0.6 is 0 Å². The normalized spacial score (nSPS) is 15.5. The Kier molecular flexibility index (Phi) is 5.29. The van der Waals surface area contributed by atoms with Crippen LogP contribution < -0.4 is 10.2 Å². The smallest absolute Gasteiger partial charge is 0.318 e. The molecule has 31 heavy (non-hydrogen) atoms. The van der Waals surface area contributed by atoms with Crippen LogP contribution in [0.3, 0.4) is 0 Å². The molecule has 6 nitrogen and oxygen atoms in total. The van der Waals surface area contributed by atoms with Crippen LogP contribution in [0.15, 0.2) is 66.2 Å². The minimum atomic E-state index is -0.749. The van der Waals surface area contributed by atoms with Crippen LogP contribution in [-0.2, 0) is 16.0 Å². The van der Waals surface area contributed by atoms with E-state index >= 15 is 0 Å². The second-order valence-electron chi connectivity index (χ2n) is 7.44. The van der Waals surface area contributed by atoms with Crippen LogP contribution in [0.5, 0.6) is 0 Å². The fourth-order valence-electron chi connectivity index (χ4n) is 3.96. The monoisotopic (exact) mass is 413 g/mol. The molecule has 0 saturated carbocycles. The van der Waals surface area contributed by atoms with Gasteiger partial charge in [0.25, 0.3) is 11.8 Å². The lowest BCUT2D eigenvalue weighted by atomic mass is 10.1. The maximum Gasteiger partial charge on any atom is 0.335 e. The van der Waals surface area contributed by atoms with E-state index < -0.39 is 17.8 Å². The van der Waals surface area contributed by atoms with Crippen molar-refractivity contribution in [1.29, 1.82) is 0 Å². The summed E-state index contributed by atoms with van der Waals surface area (Å²) >= 11 is 0. The number of rotatable bonds is 4. The zero-order chi connectivity index (χ0) is 22.1. The van der Waals surface area contributed by atoms with Crippen molar-refractivity contribution in [3.8, 4) is 5.69 Å². The summed E-state index contributed by atoms with van der Waals surface area (Å²) in [6.45, 7) is 6.05. The molecule has 0 atom stereocenters. The van der Waals surface area contributed by atoms with Gasteiger partial charge < -0.3 is 4.57 Å². The number of anilines is 1. The summed E-state index contributed by atoms with van der Waals surface area (Å²) in [5.74, 6) is -1.33. The van der Waals surface area contributed by atoms with Crippen molar-refractivity contribution in [3.63, 3.8) is 0 Å². The highest BCUT2D eigenvalue weighted by Gasteiger charge is 2.36. The molecule has 0 unspecified atom stereocenters. The Bertz CT molecular complexity index is 1220. The third kappa shape index (κ3) is 3.57. The number of amides is 4. The Morgan fingerprint density at radius 1 is 0.935 bits per heavy atom. The van der Waals surface area contributed by atoms with Crippen LogP contribution in [0.4, 0.5) is 10.5 Å². The zero-order valence-electron chi connectivity index (χ0n) is 17.7. The van der Waals surface area contributed by atoms with Crippen LogP contribution in [0.1, 0.15) is 29.4 Å². The zero-order valence-corrected chi connectivity index (χ0v) is 17.7. The molecule has 1 aliphatic rings. The summed E-state index contributed by atoms with van der Waals surface area (Å²) < 4.78 is 2.12. The Labute approximate surface area is 180 Å². The standard InChI is InChI=1S/C25H23N3O3/c1-4-18-10-8-9-13-22(18)27-16(2)14-19(17(27)3)15-21-23(29)26-25(31)28(24(21)30)20-11-6-5-7-12-20/h5-15H,4H2,1-3H3,(H,26,29,31). The van der Waals surface area contributed by atoms with Crippen LogP contribution in [0.2, 0.25) is 0 Å². The summed E-state index contributed by atoms with van der Waals surface area (Å²) in [6.07, 6.45) is 2.45. The van der Waals surface area contributed by atoms with E-state index in [1.54, 1.807) is 36.4 Å². The highest BCUT2D eigenvalue weighted by Crippen LogP contribution is 2.27. The van der Waals surface area contributed by atoms with Crippen LogP contribution in [0.25, 0.3) is 11.8 Å². The van der Waals surface area contributed by atoms with Crippen molar-refractivity contribution in [3.05, 3.63) is 88.8 Å². The van der Waals surface area contributed by atoms with E-state index in [2.05, 4.69) is 28.9 Å². The number of hydrogen-bond acceptors (Lipinski definition) is 3. The maximum atomic E-state index is 13.1. The van der Waals surface area contributed by atoms with E-state index in [0.29, 0.717) is 5.69 Å². The molecule has 0 aliphatic carbocycles. The van der Waals surface area contributed by atoms with E-state index in [1.807, 2.05) is 32.0 Å². The fourth-order valence-corrected chi connectivity index (χ4v) is 3.96. The Balaban J connectivity index is 1.79. The maximum absolute atomic E-state index is 13.1. The molecule has 3 aromatic rings. The number of nitrogens with one attached hydrogen (secondary N) is 1. The van der Waals surface area contributed by atoms with E-state index in [-0.39, 0.29) is 5.57 Å². The third-order valence-electron chi connectivity index (χ3n) is 5.50. The van der Waals surface area contributed by atoms with Gasteiger partial charge in [0, 0.05) is 17.1 Å². The molecule has 1 aromatic heterocycles. The summed E-state index contributed by atoms with van der Waals surface area (Å²) in [6, 6.07) is 17.9. The molecule has 1 N–H and O–H groups in total. The first-order chi connectivity index (χ1) is 14.9. The quantitative estimate of drug-likeness (QED) is 0.511. The number of imide groups is 2. The Morgan fingerprint density at radius 3 is 2.32 bits per heavy atom. The number of barbiturate groups is 1. The lowest BCUT2D eigenvalue weighted by Gasteiger charge is -2.26. The number of carbonyl (C=O) groups is 3. The number of para-hydroxylation sites is 2. The Hall–Kier alpha value is -3.93. The van der Waals surface area contributed by atoms with Crippen LogP contribution in [-0.4, -0.2) is 22.4 Å². The van der Waals surface area contributed by atoms with Crippen molar-refractivity contribution in [1.82, 2.24) is 9.88 Å². The number of hydrogen-bond donors (Lipinski definition) is 1. The molecule has 1 aliphatic heterocycles. The number of nitrogens with zero attached hydrogens (tertiary/aromatic N) is 2. The van der Waals surface area contributed by atoms with Crippen molar-refractivity contribution in [2.24, 2.45) is 0 Å². The number of aromatic nitrogens is 1. The predicted octanol–water partition coefficient (Wildman–Crippen LogP) is 4.32. The molecule has 6 heteroatoms. The van der Waals surface area contributed by atoms with Gasteiger partial charge in [0.1, 0.15) is 5.57 Å². The minimum Gasteiger partial charge on any atom is -0.318 e. The van der Waals surface area contributed by atoms with E-state index in [9.17, 15) is 14.4 Å². The SMILES string of the molecule is CCc1ccccc1-n1c(C)cc(C=C2C(=O)NC(=O)N(c3ccccc3)C2=O)c1C. The average molecular weight is 413 g/mol. The van der Waals surface area contributed by atoms with Crippen molar-refractivity contribution >= 4 is 29.6 Å². The van der Waals surface area contributed by atoms with Gasteiger partial charge in [-0.2, -0.15) is 0 Å². The predicted molar refractivity (Wildman–Crippen MR) is 120 cm³/mol. The highest BCUT2D eigenvalue weighted by molar-refractivity contribution is 6.39. The van der Waals surface area contributed by atoms with Gasteiger partial charge in [-0.15, -0.1) is 0 Å². The number of urea groups is 1. The number of benzene rings is 2. The van der Waals surface area contributed by atoms with Gasteiger partial charge >= 0.3 is 6.03 Å². The number of carbonyl (C=O) groups excluding carboxylic acids is 3. The molecule has 0 bridgehead atoms. The minimum absolute atomic E-state index is 0.0764. The van der Waals surface area contributed by atoms with E-state index in [0.717, 1.165) is 34.0 Å². The molecule has 2 aromatic carbocycles. The second-order valence-corrected chi connectivity index (χ2v) is 7.44. The Morgan fingerprint density at radius 2 is 1.61 bits per heavy atom. The van der Waals surface area contributed by atoms with Crippen molar-refractivity contribution < 1.29 is 14.4 Å². The van der Waals surface area contributed by atoms with Gasteiger partial charge in [-0.05, 0) is 61.7 Å². The third-order valence-corrected chi connectivity index (χ3v) is 5.50. The molecule has 0 spiro atoms. The van der Waals surface area contributed by atoms with Crippen molar-refractivity contribution in [2.75, 3.05) is 4.90 Å². The summed E-state index contributed by atoms with van der Waals surface area (Å²) in [4.78, 5) is 38.9. The number of aryl methyl sites for hydroxylation is 2. The lowest BCUT2D eigenvalue weighted by Crippen LogP contribution is -2.54. The van der Waals surface area contributed by atoms with Gasteiger partial charge in [0.2, 0.25) is 0 Å². The lowest BCUT2D eigenvalue weighted by molar-refractivity contribution is -0.122. The van der Waals surface area contributed by atoms with Gasteiger partial charge in [-0.25, -0.2) is 9.69 Å². The molecule has 156 valence electrons. The summed E-state index contributed by atoms with van der Waals surface area (Å²) in [5, 5.41) is 2.27. The molecule has 4 rings (SSSR count). The second kappa shape index (κ2) is 8.07. The molecular weight excluding hydrogens is 390 g/mol. The van der Waals surface area contributed by atoms with Crippen LogP contribution in [0, 0.1) is 13.8 Å². The fraction of sp³-hybridized carbons (Fsp3) is 0.160. The van der Waals surface area contributed by atoms with E-state index in [4.69, 9.17) is 0 Å². The molecule has 1 fully saturated rings. The topological polar surface area (TPSA) is 71.4 Å².